The lowest BCUT2D eigenvalue weighted by Crippen LogP contribution is -2.65. The first kappa shape index (κ1) is 13.3. The normalized spacial score (nSPS) is 50.0. The average molecular weight is 304 g/mol. The predicted molar refractivity (Wildman–Crippen MR) is 80.7 cm³/mol. The van der Waals surface area contributed by atoms with Crippen LogP contribution in [0.1, 0.15) is 52.7 Å². The van der Waals surface area contributed by atoms with Crippen LogP contribution in [0, 0.1) is 23.2 Å². The molecule has 1 saturated heterocycles. The van der Waals surface area contributed by atoms with Gasteiger partial charge in [-0.1, -0.05) is 0 Å². The van der Waals surface area contributed by atoms with Crippen LogP contribution < -0.4 is 5.32 Å². The van der Waals surface area contributed by atoms with Crippen LogP contribution in [0.15, 0.2) is 0 Å². The molecule has 1 heterocycles. The largest absolute Gasteiger partial charge is 0.390 e. The Bertz CT molecular complexity index is 561. The Balaban J connectivity index is 1.43. The number of nitrogens with one attached hydrogen (secondary N) is 1. The van der Waals surface area contributed by atoms with E-state index in [-0.39, 0.29) is 18.0 Å². The van der Waals surface area contributed by atoms with Gasteiger partial charge in [-0.2, -0.15) is 5.26 Å². The van der Waals surface area contributed by atoms with Crippen LogP contribution in [0.5, 0.6) is 0 Å². The van der Waals surface area contributed by atoms with Crippen molar-refractivity contribution in [2.45, 2.75) is 68.5 Å². The molecule has 4 aliphatic carbocycles. The van der Waals surface area contributed by atoms with Gasteiger partial charge in [0.05, 0.1) is 19.6 Å². The Morgan fingerprint density at radius 3 is 2.77 bits per heavy atom. The van der Waals surface area contributed by atoms with Gasteiger partial charge in [0.25, 0.3) is 0 Å². The van der Waals surface area contributed by atoms with Gasteiger partial charge in [-0.3, -0.25) is 4.79 Å². The monoisotopic (exact) mass is 304 g/mol. The molecule has 5 nitrogen and oxygen atoms in total. The SMILES string of the molecule is [2H]C1(C#N)CCCN1C(=O)CNC12C[C@@H]3C[C@@H](CC(O)(C3)C1)C2. The fraction of sp³-hybridized carbons (Fsp3) is 0.882. The van der Waals surface area contributed by atoms with Gasteiger partial charge in [0.2, 0.25) is 5.91 Å². The van der Waals surface area contributed by atoms with Crippen LogP contribution in [0.25, 0.3) is 0 Å². The maximum Gasteiger partial charge on any atom is 0.237 e. The Kier molecular flexibility index (Phi) is 2.99. The Morgan fingerprint density at radius 1 is 1.41 bits per heavy atom. The summed E-state index contributed by atoms with van der Waals surface area (Å²) in [4.78, 5) is 13.9. The highest BCUT2D eigenvalue weighted by Gasteiger charge is 2.57. The number of hydrogen-bond donors (Lipinski definition) is 2. The molecule has 22 heavy (non-hydrogen) atoms. The zero-order valence-electron chi connectivity index (χ0n) is 14.0. The third-order valence-corrected chi connectivity index (χ3v) is 6.20. The van der Waals surface area contributed by atoms with Crippen LogP contribution >= 0.6 is 0 Å². The van der Waals surface area contributed by atoms with Crippen molar-refractivity contribution in [3.05, 3.63) is 0 Å². The van der Waals surface area contributed by atoms with E-state index in [1.165, 1.54) is 11.3 Å². The lowest BCUT2D eigenvalue weighted by atomic mass is 9.51. The summed E-state index contributed by atoms with van der Waals surface area (Å²) in [6.07, 6.45) is 7.03. The second kappa shape index (κ2) is 4.94. The van der Waals surface area contributed by atoms with E-state index in [1.807, 2.05) is 6.07 Å². The van der Waals surface area contributed by atoms with Crippen LogP contribution in [-0.2, 0) is 4.79 Å². The van der Waals surface area contributed by atoms with E-state index in [0.29, 0.717) is 24.8 Å². The van der Waals surface area contributed by atoms with Gasteiger partial charge in [0, 0.05) is 12.1 Å². The van der Waals surface area contributed by atoms with E-state index in [9.17, 15) is 15.2 Å². The minimum Gasteiger partial charge on any atom is -0.390 e. The number of carbonyl (C=O) groups is 1. The molecule has 2 N–H and O–H groups in total. The minimum atomic E-state index is -1.39. The van der Waals surface area contributed by atoms with Crippen molar-refractivity contribution >= 4 is 5.91 Å². The van der Waals surface area contributed by atoms with Crippen molar-refractivity contribution in [3.8, 4) is 6.07 Å². The molecule has 1 amide bonds. The van der Waals surface area contributed by atoms with Crippen LogP contribution in [0.3, 0.4) is 0 Å². The smallest absolute Gasteiger partial charge is 0.237 e. The first-order valence-corrected chi connectivity index (χ1v) is 8.55. The maximum atomic E-state index is 12.5. The Labute approximate surface area is 133 Å². The topological polar surface area (TPSA) is 76.4 Å². The molecule has 0 spiro atoms. The van der Waals surface area contributed by atoms with Crippen molar-refractivity contribution < 1.29 is 11.3 Å². The third kappa shape index (κ3) is 2.33. The minimum absolute atomic E-state index is 0.119. The van der Waals surface area contributed by atoms with Gasteiger partial charge in [0.1, 0.15) is 6.02 Å². The second-order valence-electron chi connectivity index (χ2n) is 8.03. The first-order valence-electron chi connectivity index (χ1n) is 9.05. The fourth-order valence-corrected chi connectivity index (χ4v) is 5.85. The predicted octanol–water partition coefficient (Wildman–Crippen LogP) is 1.17. The average Bonchev–Trinajstić information content (AvgIpc) is 2.85. The van der Waals surface area contributed by atoms with Gasteiger partial charge in [0.15, 0.2) is 0 Å². The number of likely N-dealkylation sites (tertiary alicyclic amines) is 1. The number of rotatable bonds is 3. The highest BCUT2D eigenvalue weighted by molar-refractivity contribution is 5.79. The number of aliphatic hydroxyl groups is 1. The Morgan fingerprint density at radius 2 is 2.14 bits per heavy atom. The summed E-state index contributed by atoms with van der Waals surface area (Å²) in [6, 6.07) is 0.585. The van der Waals surface area contributed by atoms with E-state index in [4.69, 9.17) is 1.37 Å². The van der Waals surface area contributed by atoms with E-state index in [1.54, 1.807) is 0 Å². The molecular weight excluding hydrogens is 278 g/mol. The van der Waals surface area contributed by atoms with Gasteiger partial charge in [-0.15, -0.1) is 0 Å². The molecule has 0 aromatic carbocycles. The van der Waals surface area contributed by atoms with Gasteiger partial charge in [-0.05, 0) is 63.2 Å². The van der Waals surface area contributed by atoms with Crippen LogP contribution in [0.4, 0.5) is 0 Å². The number of nitrogens with zero attached hydrogens (tertiary/aromatic N) is 2. The van der Waals surface area contributed by atoms with Crippen molar-refractivity contribution in [3.63, 3.8) is 0 Å². The Hall–Kier alpha value is -1.12. The molecule has 5 heteroatoms. The second-order valence-corrected chi connectivity index (χ2v) is 8.03. The molecule has 120 valence electrons. The van der Waals surface area contributed by atoms with E-state index >= 15 is 0 Å². The molecule has 4 bridgehead atoms. The lowest BCUT2D eigenvalue weighted by Gasteiger charge is -2.60. The quantitative estimate of drug-likeness (QED) is 0.821. The highest BCUT2D eigenvalue weighted by atomic mass is 16.3. The molecular formula is C17H25N3O2. The molecule has 3 unspecified atom stereocenters. The number of hydrogen-bond acceptors (Lipinski definition) is 4. The first-order chi connectivity index (χ1) is 10.9. The number of nitriles is 1. The zero-order chi connectivity index (χ0) is 16.3. The van der Waals surface area contributed by atoms with Gasteiger partial charge < -0.3 is 15.3 Å². The van der Waals surface area contributed by atoms with Crippen molar-refractivity contribution in [2.75, 3.05) is 13.1 Å². The lowest BCUT2D eigenvalue weighted by molar-refractivity contribution is -0.147. The number of carbonyl (C=O) groups excluding carboxylic acids is 1. The molecule has 5 rings (SSSR count). The fourth-order valence-electron chi connectivity index (χ4n) is 5.85. The summed E-state index contributed by atoms with van der Waals surface area (Å²) < 4.78 is 8.12. The van der Waals surface area contributed by atoms with Gasteiger partial charge in [-0.25, -0.2) is 0 Å². The molecule has 1 aliphatic heterocycles. The summed E-state index contributed by atoms with van der Waals surface area (Å²) >= 11 is 0. The van der Waals surface area contributed by atoms with Crippen molar-refractivity contribution in [1.29, 1.82) is 5.26 Å². The third-order valence-electron chi connectivity index (χ3n) is 6.20. The molecule has 0 aromatic rings. The zero-order valence-corrected chi connectivity index (χ0v) is 13.0. The van der Waals surface area contributed by atoms with Crippen LogP contribution in [0.2, 0.25) is 0 Å². The molecule has 0 aromatic heterocycles. The molecule has 4 saturated carbocycles. The maximum absolute atomic E-state index is 12.5. The van der Waals surface area contributed by atoms with Crippen molar-refractivity contribution in [1.82, 2.24) is 10.2 Å². The van der Waals surface area contributed by atoms with E-state index in [2.05, 4.69) is 5.32 Å². The standard InChI is InChI=1S/C17H25N3O2/c18-9-14-2-1-3-20(14)15(21)10-19-16-5-12-4-13(6-16)8-17(22,7-12)11-16/h12-14,19,22H,1-8,10-11H2/t12-,13+,14?,16?,17?/i14D. The summed E-state index contributed by atoms with van der Waals surface area (Å²) in [7, 11) is 0. The molecule has 0 radical (unpaired) electrons. The van der Waals surface area contributed by atoms with E-state index in [0.717, 1.165) is 38.5 Å². The van der Waals surface area contributed by atoms with Crippen molar-refractivity contribution in [2.24, 2.45) is 11.8 Å². The molecule has 5 fully saturated rings. The van der Waals surface area contributed by atoms with Crippen LogP contribution in [-0.4, -0.2) is 46.2 Å². The molecule has 5 atom stereocenters. The van der Waals surface area contributed by atoms with Gasteiger partial charge >= 0.3 is 0 Å². The number of amides is 1. The summed E-state index contributed by atoms with van der Waals surface area (Å²) in [5.41, 5.74) is -0.662. The summed E-state index contributed by atoms with van der Waals surface area (Å²) in [5.74, 6) is 0.997. The molecule has 5 aliphatic rings. The summed E-state index contributed by atoms with van der Waals surface area (Å²) in [6.45, 7) is 0.678. The van der Waals surface area contributed by atoms with E-state index < -0.39 is 11.6 Å². The summed E-state index contributed by atoms with van der Waals surface area (Å²) in [5, 5.41) is 23.4. The highest BCUT2D eigenvalue weighted by Crippen LogP contribution is 2.57.